The number of thioether (sulfide) groups is 1. The maximum Gasteiger partial charge on any atom is 0.281 e. The van der Waals surface area contributed by atoms with Crippen molar-refractivity contribution in [3.63, 3.8) is 0 Å². The predicted octanol–water partition coefficient (Wildman–Crippen LogP) is 0.600. The van der Waals surface area contributed by atoms with Gasteiger partial charge in [0.05, 0.1) is 0 Å². The topological polar surface area (TPSA) is 52.7 Å². The second-order valence-electron chi connectivity index (χ2n) is 4.58. The summed E-state index contributed by atoms with van der Waals surface area (Å²) in [6.07, 6.45) is 0.849. The molecular weight excluding hydrogens is 270 g/mol. The summed E-state index contributed by atoms with van der Waals surface area (Å²) < 4.78 is 27.7. The minimum atomic E-state index is -3.26. The molecule has 0 aromatic carbocycles. The average Bonchev–Trinajstić information content (AvgIpc) is 2.34. The lowest BCUT2D eigenvalue weighted by molar-refractivity contribution is 0.363. The van der Waals surface area contributed by atoms with E-state index in [1.807, 2.05) is 18.7 Å². The van der Waals surface area contributed by atoms with Crippen LogP contribution < -0.4 is 5.32 Å². The molecule has 1 heterocycles. The van der Waals surface area contributed by atoms with Crippen LogP contribution >= 0.6 is 11.8 Å². The molecule has 1 aliphatic heterocycles. The summed E-state index contributed by atoms with van der Waals surface area (Å²) >= 11 is 1.84. The molecule has 0 aromatic heterocycles. The van der Waals surface area contributed by atoms with Crippen molar-refractivity contribution in [2.45, 2.75) is 25.5 Å². The van der Waals surface area contributed by atoms with E-state index in [9.17, 15) is 8.42 Å². The molecule has 1 saturated heterocycles. The van der Waals surface area contributed by atoms with E-state index in [0.29, 0.717) is 24.9 Å². The standard InChI is InChI=1S/C11H25N3O2S2/c1-4-12-6-5-7-13(3)18(15,16)14-8-9-17-11(2)10-14/h11-12H,4-10H2,1-3H3. The van der Waals surface area contributed by atoms with Gasteiger partial charge in [-0.1, -0.05) is 13.8 Å². The molecule has 0 spiro atoms. The van der Waals surface area contributed by atoms with Crippen molar-refractivity contribution in [2.24, 2.45) is 0 Å². The Kier molecular flexibility index (Phi) is 6.94. The Morgan fingerprint density at radius 3 is 2.83 bits per heavy atom. The number of hydrogen-bond acceptors (Lipinski definition) is 4. The van der Waals surface area contributed by atoms with Crippen LogP contribution in [0.1, 0.15) is 20.3 Å². The molecule has 0 amide bonds. The molecule has 1 fully saturated rings. The minimum absolute atomic E-state index is 0.392. The van der Waals surface area contributed by atoms with Gasteiger partial charge >= 0.3 is 0 Å². The molecule has 18 heavy (non-hydrogen) atoms. The number of hydrogen-bond donors (Lipinski definition) is 1. The highest BCUT2D eigenvalue weighted by Gasteiger charge is 2.30. The molecule has 0 bridgehead atoms. The summed E-state index contributed by atoms with van der Waals surface area (Å²) in [6.45, 7) is 7.76. The molecule has 1 atom stereocenters. The van der Waals surface area contributed by atoms with E-state index in [2.05, 4.69) is 12.2 Å². The van der Waals surface area contributed by atoms with Crippen molar-refractivity contribution in [2.75, 3.05) is 45.5 Å². The molecule has 1 N–H and O–H groups in total. The van der Waals surface area contributed by atoms with Crippen LogP contribution in [-0.2, 0) is 10.2 Å². The molecule has 7 heteroatoms. The van der Waals surface area contributed by atoms with E-state index in [4.69, 9.17) is 0 Å². The lowest BCUT2D eigenvalue weighted by atomic mass is 10.4. The largest absolute Gasteiger partial charge is 0.317 e. The number of nitrogens with zero attached hydrogens (tertiary/aromatic N) is 2. The minimum Gasteiger partial charge on any atom is -0.317 e. The highest BCUT2D eigenvalue weighted by atomic mass is 32.2. The third kappa shape index (κ3) is 4.70. The van der Waals surface area contributed by atoms with Gasteiger partial charge in [-0.2, -0.15) is 28.8 Å². The van der Waals surface area contributed by atoms with Crippen LogP contribution in [0.2, 0.25) is 0 Å². The van der Waals surface area contributed by atoms with Gasteiger partial charge in [-0.05, 0) is 19.5 Å². The summed E-state index contributed by atoms with van der Waals surface area (Å²) in [7, 11) is -1.58. The molecule has 1 rings (SSSR count). The summed E-state index contributed by atoms with van der Waals surface area (Å²) in [5.74, 6) is 0.894. The molecule has 1 aliphatic rings. The van der Waals surface area contributed by atoms with Gasteiger partial charge in [0.25, 0.3) is 10.2 Å². The van der Waals surface area contributed by atoms with Crippen LogP contribution in [0.3, 0.4) is 0 Å². The Bertz CT molecular complexity index is 335. The molecule has 0 radical (unpaired) electrons. The van der Waals surface area contributed by atoms with Crippen LogP contribution in [0.5, 0.6) is 0 Å². The maximum atomic E-state index is 12.3. The highest BCUT2D eigenvalue weighted by Crippen LogP contribution is 2.21. The Morgan fingerprint density at radius 2 is 2.22 bits per heavy atom. The molecule has 0 aliphatic carbocycles. The number of nitrogens with one attached hydrogen (secondary N) is 1. The van der Waals surface area contributed by atoms with Crippen molar-refractivity contribution in [1.29, 1.82) is 0 Å². The van der Waals surface area contributed by atoms with Crippen LogP contribution in [0.25, 0.3) is 0 Å². The van der Waals surface area contributed by atoms with Gasteiger partial charge in [0, 0.05) is 37.7 Å². The van der Waals surface area contributed by atoms with E-state index in [1.165, 1.54) is 4.31 Å². The first-order chi connectivity index (χ1) is 8.48. The van der Waals surface area contributed by atoms with Gasteiger partial charge in [0.2, 0.25) is 0 Å². The second-order valence-corrected chi connectivity index (χ2v) is 8.16. The van der Waals surface area contributed by atoms with Gasteiger partial charge in [-0.25, -0.2) is 0 Å². The van der Waals surface area contributed by atoms with E-state index in [0.717, 1.165) is 25.3 Å². The zero-order valence-electron chi connectivity index (χ0n) is 11.6. The van der Waals surface area contributed by atoms with Crippen molar-refractivity contribution < 1.29 is 8.42 Å². The summed E-state index contributed by atoms with van der Waals surface area (Å²) in [4.78, 5) is 0. The van der Waals surface area contributed by atoms with Crippen LogP contribution in [0.4, 0.5) is 0 Å². The predicted molar refractivity (Wildman–Crippen MR) is 78.2 cm³/mol. The Balaban J connectivity index is 2.45. The first-order valence-electron chi connectivity index (χ1n) is 6.52. The van der Waals surface area contributed by atoms with Gasteiger partial charge < -0.3 is 5.32 Å². The smallest absolute Gasteiger partial charge is 0.281 e. The van der Waals surface area contributed by atoms with Crippen LogP contribution in [-0.4, -0.2) is 67.8 Å². The van der Waals surface area contributed by atoms with Gasteiger partial charge in [-0.3, -0.25) is 0 Å². The van der Waals surface area contributed by atoms with E-state index >= 15 is 0 Å². The normalized spacial score (nSPS) is 22.6. The third-order valence-corrected chi connectivity index (χ3v) is 6.09. The number of rotatable bonds is 7. The Morgan fingerprint density at radius 1 is 1.50 bits per heavy atom. The van der Waals surface area contributed by atoms with Gasteiger partial charge in [0.1, 0.15) is 0 Å². The van der Waals surface area contributed by atoms with Crippen molar-refractivity contribution in [1.82, 2.24) is 13.9 Å². The summed E-state index contributed by atoms with van der Waals surface area (Å²) in [5, 5.41) is 3.60. The second kappa shape index (κ2) is 7.69. The molecule has 108 valence electrons. The SMILES string of the molecule is CCNCCCN(C)S(=O)(=O)N1CCSC(C)C1. The fourth-order valence-electron chi connectivity index (χ4n) is 1.91. The zero-order chi connectivity index (χ0) is 13.6. The Labute approximate surface area is 115 Å². The molecule has 0 saturated carbocycles. The average molecular weight is 295 g/mol. The molecular formula is C11H25N3O2S2. The van der Waals surface area contributed by atoms with E-state index in [1.54, 1.807) is 11.4 Å². The monoisotopic (exact) mass is 295 g/mol. The summed E-state index contributed by atoms with van der Waals surface area (Å²) in [5.41, 5.74) is 0. The van der Waals surface area contributed by atoms with Crippen molar-refractivity contribution >= 4 is 22.0 Å². The lowest BCUT2D eigenvalue weighted by Gasteiger charge is -2.32. The first kappa shape index (κ1) is 16.2. The molecule has 0 aromatic rings. The van der Waals surface area contributed by atoms with E-state index in [-0.39, 0.29) is 0 Å². The van der Waals surface area contributed by atoms with Crippen LogP contribution in [0, 0.1) is 0 Å². The lowest BCUT2D eigenvalue weighted by Crippen LogP contribution is -2.47. The van der Waals surface area contributed by atoms with Gasteiger partial charge in [-0.15, -0.1) is 0 Å². The Hall–Kier alpha value is 0.180. The molecule has 5 nitrogen and oxygen atoms in total. The fourth-order valence-corrected chi connectivity index (χ4v) is 4.62. The maximum absolute atomic E-state index is 12.3. The summed E-state index contributed by atoms with van der Waals surface area (Å²) in [6, 6.07) is 0. The highest BCUT2D eigenvalue weighted by molar-refractivity contribution is 8.00. The first-order valence-corrected chi connectivity index (χ1v) is 8.96. The van der Waals surface area contributed by atoms with Crippen molar-refractivity contribution in [3.05, 3.63) is 0 Å². The third-order valence-electron chi connectivity index (χ3n) is 3.00. The quantitative estimate of drug-likeness (QED) is 0.699. The van der Waals surface area contributed by atoms with Crippen LogP contribution in [0.15, 0.2) is 0 Å². The van der Waals surface area contributed by atoms with Crippen molar-refractivity contribution in [3.8, 4) is 0 Å². The zero-order valence-corrected chi connectivity index (χ0v) is 13.2. The molecule has 1 unspecified atom stereocenters. The fraction of sp³-hybridized carbons (Fsp3) is 1.00. The van der Waals surface area contributed by atoms with E-state index < -0.39 is 10.2 Å². The van der Waals surface area contributed by atoms with Gasteiger partial charge in [0.15, 0.2) is 0 Å².